The first-order chi connectivity index (χ1) is 13.4. The van der Waals surface area contributed by atoms with E-state index in [1.54, 1.807) is 41.1 Å². The fourth-order valence-electron chi connectivity index (χ4n) is 3.20. The van der Waals surface area contributed by atoms with Crippen molar-refractivity contribution < 1.29 is 9.59 Å². The summed E-state index contributed by atoms with van der Waals surface area (Å²) >= 11 is 12.1. The third-order valence-corrected chi connectivity index (χ3v) is 5.21. The monoisotopic (exact) mass is 414 g/mol. The molecule has 2 aromatic carbocycles. The van der Waals surface area contributed by atoms with Gasteiger partial charge in [-0.25, -0.2) is 4.68 Å². The average Bonchev–Trinajstić information content (AvgIpc) is 3.00. The molecule has 0 unspecified atom stereocenters. The van der Waals surface area contributed by atoms with Gasteiger partial charge in [-0.15, -0.1) is 0 Å². The Labute approximate surface area is 171 Å². The molecule has 1 aromatic heterocycles. The van der Waals surface area contributed by atoms with E-state index in [-0.39, 0.29) is 18.2 Å². The lowest BCUT2D eigenvalue weighted by atomic mass is 10.1. The number of nitrogens with zero attached hydrogens (tertiary/aromatic N) is 2. The Balaban J connectivity index is 1.71. The van der Waals surface area contributed by atoms with Crippen LogP contribution in [0.3, 0.4) is 0 Å². The van der Waals surface area contributed by atoms with Crippen molar-refractivity contribution >= 4 is 46.5 Å². The van der Waals surface area contributed by atoms with E-state index in [2.05, 4.69) is 15.7 Å². The zero-order valence-electron chi connectivity index (χ0n) is 14.9. The second-order valence-electron chi connectivity index (χ2n) is 6.51. The highest BCUT2D eigenvalue weighted by Gasteiger charge is 2.34. The summed E-state index contributed by atoms with van der Waals surface area (Å²) in [5, 5.41) is 11.3. The molecule has 4 rings (SSSR count). The van der Waals surface area contributed by atoms with Crippen LogP contribution < -0.4 is 10.6 Å². The molecular weight excluding hydrogens is 399 g/mol. The summed E-state index contributed by atoms with van der Waals surface area (Å²) in [6.07, 6.45) is -0.00946. The SMILES string of the molecule is Cc1c(-c2ccc(Cl)cc2)nn2c1NC(=O)C[C@H]2C(=O)Nc1ccccc1Cl. The molecule has 0 bridgehead atoms. The van der Waals surface area contributed by atoms with Gasteiger partial charge in [-0.2, -0.15) is 5.10 Å². The molecule has 6 nitrogen and oxygen atoms in total. The van der Waals surface area contributed by atoms with Gasteiger partial charge in [0.15, 0.2) is 0 Å². The predicted molar refractivity (Wildman–Crippen MR) is 110 cm³/mol. The summed E-state index contributed by atoms with van der Waals surface area (Å²) in [4.78, 5) is 25.1. The minimum Gasteiger partial charge on any atom is -0.323 e. The van der Waals surface area contributed by atoms with Gasteiger partial charge in [0.2, 0.25) is 11.8 Å². The number of amides is 2. The number of carbonyl (C=O) groups is 2. The molecule has 2 amide bonds. The predicted octanol–water partition coefficient (Wildman–Crippen LogP) is 4.69. The number of carbonyl (C=O) groups excluding carboxylic acids is 2. The van der Waals surface area contributed by atoms with Gasteiger partial charge in [0.1, 0.15) is 11.9 Å². The van der Waals surface area contributed by atoms with E-state index in [1.807, 2.05) is 19.1 Å². The Bertz CT molecular complexity index is 1080. The number of rotatable bonds is 3. The first-order valence-electron chi connectivity index (χ1n) is 8.64. The van der Waals surface area contributed by atoms with Gasteiger partial charge in [-0.05, 0) is 31.2 Å². The van der Waals surface area contributed by atoms with Gasteiger partial charge in [0, 0.05) is 16.1 Å². The topological polar surface area (TPSA) is 76.0 Å². The largest absolute Gasteiger partial charge is 0.323 e. The van der Waals surface area contributed by atoms with Crippen LogP contribution in [0.2, 0.25) is 10.0 Å². The summed E-state index contributed by atoms with van der Waals surface area (Å²) in [6.45, 7) is 1.86. The number of hydrogen-bond donors (Lipinski definition) is 2. The Morgan fingerprint density at radius 1 is 1.18 bits per heavy atom. The minimum atomic E-state index is -0.778. The van der Waals surface area contributed by atoms with Gasteiger partial charge in [-0.3, -0.25) is 9.59 Å². The number of halogens is 2. The molecular formula is C20H16Cl2N4O2. The highest BCUT2D eigenvalue weighted by Crippen LogP contribution is 2.35. The van der Waals surface area contributed by atoms with Crippen LogP contribution in [0.5, 0.6) is 0 Å². The Morgan fingerprint density at radius 3 is 2.61 bits per heavy atom. The Hall–Kier alpha value is -2.83. The highest BCUT2D eigenvalue weighted by molar-refractivity contribution is 6.33. The molecule has 0 aliphatic carbocycles. The smallest absolute Gasteiger partial charge is 0.249 e. The van der Waals surface area contributed by atoms with Gasteiger partial charge < -0.3 is 10.6 Å². The second kappa shape index (κ2) is 7.30. The van der Waals surface area contributed by atoms with Crippen LogP contribution >= 0.6 is 23.2 Å². The van der Waals surface area contributed by atoms with Gasteiger partial charge in [0.25, 0.3) is 0 Å². The lowest BCUT2D eigenvalue weighted by Crippen LogP contribution is -2.36. The van der Waals surface area contributed by atoms with E-state index in [1.165, 1.54) is 0 Å². The van der Waals surface area contributed by atoms with Gasteiger partial charge in [0.05, 0.1) is 22.8 Å². The lowest BCUT2D eigenvalue weighted by Gasteiger charge is -2.24. The maximum atomic E-state index is 12.9. The van der Waals surface area contributed by atoms with Crippen molar-refractivity contribution in [2.75, 3.05) is 10.6 Å². The normalized spacial score (nSPS) is 15.7. The Morgan fingerprint density at radius 2 is 1.89 bits per heavy atom. The van der Waals surface area contributed by atoms with E-state index in [0.29, 0.717) is 27.2 Å². The zero-order valence-corrected chi connectivity index (χ0v) is 16.4. The number of nitrogens with one attached hydrogen (secondary N) is 2. The van der Waals surface area contributed by atoms with Crippen LogP contribution in [0.15, 0.2) is 48.5 Å². The van der Waals surface area contributed by atoms with E-state index in [9.17, 15) is 9.59 Å². The van der Waals surface area contributed by atoms with Crippen LogP contribution in [0, 0.1) is 6.92 Å². The maximum Gasteiger partial charge on any atom is 0.249 e. The van der Waals surface area contributed by atoms with Gasteiger partial charge >= 0.3 is 0 Å². The summed E-state index contributed by atoms with van der Waals surface area (Å²) in [6, 6.07) is 13.4. The standard InChI is InChI=1S/C20H16Cl2N4O2/c1-11-18(12-6-8-13(21)9-7-12)25-26-16(10-17(27)24-19(11)26)20(28)23-15-5-3-2-4-14(15)22/h2-9,16H,10H2,1H3,(H,23,28)(H,24,27)/t16-/m0/s1. The summed E-state index contributed by atoms with van der Waals surface area (Å²) < 4.78 is 1.56. The summed E-state index contributed by atoms with van der Waals surface area (Å²) in [7, 11) is 0. The molecule has 0 radical (unpaired) electrons. The molecule has 3 aromatic rings. The van der Waals surface area contributed by atoms with Crippen LogP contribution in [0.4, 0.5) is 11.5 Å². The van der Waals surface area contributed by atoms with Crippen molar-refractivity contribution in [2.24, 2.45) is 0 Å². The van der Waals surface area contributed by atoms with E-state index in [0.717, 1.165) is 11.1 Å². The lowest BCUT2D eigenvalue weighted by molar-refractivity contribution is -0.125. The Kier molecular flexibility index (Phi) is 4.83. The molecule has 0 saturated carbocycles. The van der Waals surface area contributed by atoms with Gasteiger partial charge in [-0.1, -0.05) is 47.5 Å². The van der Waals surface area contributed by atoms with Crippen molar-refractivity contribution in [1.29, 1.82) is 0 Å². The third-order valence-electron chi connectivity index (χ3n) is 4.63. The first kappa shape index (κ1) is 18.5. The molecule has 0 fully saturated rings. The van der Waals surface area contributed by atoms with Crippen LogP contribution in [-0.4, -0.2) is 21.6 Å². The average molecular weight is 415 g/mol. The second-order valence-corrected chi connectivity index (χ2v) is 7.35. The number of benzene rings is 2. The number of aromatic nitrogens is 2. The molecule has 2 heterocycles. The first-order valence-corrected chi connectivity index (χ1v) is 9.40. The summed E-state index contributed by atoms with van der Waals surface area (Å²) in [5.74, 6) is -0.0765. The van der Waals surface area contributed by atoms with E-state index in [4.69, 9.17) is 23.2 Å². The quantitative estimate of drug-likeness (QED) is 0.652. The molecule has 0 saturated heterocycles. The number of para-hydroxylation sites is 1. The summed E-state index contributed by atoms with van der Waals surface area (Å²) in [5.41, 5.74) is 2.81. The van der Waals surface area contributed by atoms with Crippen molar-refractivity contribution in [1.82, 2.24) is 9.78 Å². The van der Waals surface area contributed by atoms with Crippen molar-refractivity contribution in [3.63, 3.8) is 0 Å². The molecule has 142 valence electrons. The molecule has 1 atom stereocenters. The molecule has 28 heavy (non-hydrogen) atoms. The minimum absolute atomic E-state index is 0.00946. The third kappa shape index (κ3) is 3.37. The molecule has 1 aliphatic rings. The van der Waals surface area contributed by atoms with E-state index < -0.39 is 6.04 Å². The van der Waals surface area contributed by atoms with E-state index >= 15 is 0 Å². The number of hydrogen-bond acceptors (Lipinski definition) is 3. The number of fused-ring (bicyclic) bond motifs is 1. The molecule has 0 spiro atoms. The fourth-order valence-corrected chi connectivity index (χ4v) is 3.51. The molecule has 8 heteroatoms. The van der Waals surface area contributed by atoms with Crippen molar-refractivity contribution in [3.8, 4) is 11.3 Å². The maximum absolute atomic E-state index is 12.9. The number of anilines is 2. The van der Waals surface area contributed by atoms with Crippen molar-refractivity contribution in [3.05, 3.63) is 64.1 Å². The van der Waals surface area contributed by atoms with Crippen LogP contribution in [-0.2, 0) is 9.59 Å². The zero-order chi connectivity index (χ0) is 19.8. The fraction of sp³-hybridized carbons (Fsp3) is 0.150. The van der Waals surface area contributed by atoms with Crippen LogP contribution in [0.25, 0.3) is 11.3 Å². The highest BCUT2D eigenvalue weighted by atomic mass is 35.5. The molecule has 2 N–H and O–H groups in total. The molecule has 1 aliphatic heterocycles. The van der Waals surface area contributed by atoms with Crippen LogP contribution in [0.1, 0.15) is 18.0 Å². The van der Waals surface area contributed by atoms with Crippen molar-refractivity contribution in [2.45, 2.75) is 19.4 Å².